The fraction of sp³-hybridized carbons (Fsp3) is 1.00. The number of hydrogen-bond acceptors (Lipinski definition) is 28. The molecule has 7 aliphatic heterocycles. The van der Waals surface area contributed by atoms with Gasteiger partial charge in [-0.15, -0.1) is 0 Å². The van der Waals surface area contributed by atoms with Gasteiger partial charge in [-0.25, -0.2) is 0 Å². The van der Waals surface area contributed by atoms with Gasteiger partial charge in [0.05, 0.1) is 58.0 Å². The van der Waals surface area contributed by atoms with Gasteiger partial charge in [-0.3, -0.25) is 0 Å². The van der Waals surface area contributed by atoms with Gasteiger partial charge in [0, 0.05) is 12.3 Å². The van der Waals surface area contributed by atoms with Gasteiger partial charge in [-0.2, -0.15) is 0 Å². The Morgan fingerprint density at radius 1 is 0.452 bits per heavy atom. The molecule has 0 aromatic rings. The van der Waals surface area contributed by atoms with Crippen molar-refractivity contribution in [2.75, 3.05) is 39.6 Å². The number of ether oxygens (including phenoxy) is 12. The van der Waals surface area contributed by atoms with E-state index in [1.807, 2.05) is 0 Å². The van der Waals surface area contributed by atoms with Crippen LogP contribution in [0.2, 0.25) is 0 Å². The predicted octanol–water partition coefficient (Wildman–Crippen LogP) is -5.48. The first-order valence-corrected chi connectivity index (χ1v) is 30.3. The summed E-state index contributed by atoms with van der Waals surface area (Å²) in [5.41, 5.74) is -0.122. The zero-order chi connectivity index (χ0) is 60.2. The van der Waals surface area contributed by atoms with Crippen LogP contribution in [-0.2, 0) is 56.8 Å². The number of aliphatic hydroxyl groups excluding tert-OH is 16. The molecule has 4 saturated carbocycles. The van der Waals surface area contributed by atoms with Crippen LogP contribution >= 0.6 is 0 Å². The molecule has 11 rings (SSSR count). The third-order valence-electron chi connectivity index (χ3n) is 22.1. The summed E-state index contributed by atoms with van der Waals surface area (Å²) in [7, 11) is 0. The minimum absolute atomic E-state index is 0.103. The summed E-state index contributed by atoms with van der Waals surface area (Å²) in [4.78, 5) is 0. The standard InChI is InChI=1S/C56H92O28/c1-20-7-10-56(74-18-20)21(2)34-29(84-56)12-25-23-6-5-22-11-28(26(61)13-55(22,4)24(23)8-9-54(25,34)3)75-50-43(71)39(67)46(33(17-60)78-50)81-53-48(47(37(65)31(15-58)77-53)82-49-41(69)35(63)27(62)19-73-49)83-52-44(72)40(68)45(32(16-59)79-52)80-51-42(70)38(66)36(64)30(14-57)76-51/h20-53,57-72H,5-19H2,1-4H3/t20-,21+,22+,23-,24+,25+,26-,27-,28-,29+,30-,31-,32-,33-,34+,35+,36-,37-,38+,39-,40-,41-,42-,43-,44-,45+,46+,47+,48-,49+,50-,51+,52+,53+,54+,55+,56-/m1/s1. The van der Waals surface area contributed by atoms with Crippen LogP contribution in [0.5, 0.6) is 0 Å². The van der Waals surface area contributed by atoms with Crippen molar-refractivity contribution >= 4 is 0 Å². The molecule has 11 aliphatic rings. The number of aliphatic hydroxyl groups is 16. The van der Waals surface area contributed by atoms with E-state index in [0.29, 0.717) is 42.4 Å². The van der Waals surface area contributed by atoms with E-state index >= 15 is 0 Å². The molecule has 7 saturated heterocycles. The molecule has 0 unspecified atom stereocenters. The third-order valence-corrected chi connectivity index (χ3v) is 22.1. The Morgan fingerprint density at radius 3 is 1.62 bits per heavy atom. The fourth-order valence-corrected chi connectivity index (χ4v) is 17.4. The van der Waals surface area contributed by atoms with Gasteiger partial charge in [0.25, 0.3) is 0 Å². The Kier molecular flexibility index (Phi) is 19.3. The van der Waals surface area contributed by atoms with Crippen molar-refractivity contribution in [3.05, 3.63) is 0 Å². The molecule has 0 bridgehead atoms. The maximum Gasteiger partial charge on any atom is 0.187 e. The van der Waals surface area contributed by atoms with Crippen LogP contribution in [0.1, 0.15) is 85.5 Å². The summed E-state index contributed by atoms with van der Waals surface area (Å²) >= 11 is 0. The van der Waals surface area contributed by atoms with Crippen LogP contribution in [0.3, 0.4) is 0 Å². The topological polar surface area (TPSA) is 434 Å². The van der Waals surface area contributed by atoms with Crippen LogP contribution < -0.4 is 0 Å². The molecule has 0 amide bonds. The van der Waals surface area contributed by atoms with Crippen LogP contribution in [0.15, 0.2) is 0 Å². The average molecular weight is 1210 g/mol. The van der Waals surface area contributed by atoms with Crippen molar-refractivity contribution in [1.29, 1.82) is 0 Å². The van der Waals surface area contributed by atoms with Crippen molar-refractivity contribution < 1.29 is 139 Å². The fourth-order valence-electron chi connectivity index (χ4n) is 17.4. The largest absolute Gasteiger partial charge is 0.394 e. The highest BCUT2D eigenvalue weighted by Crippen LogP contribution is 2.71. The maximum atomic E-state index is 12.1. The van der Waals surface area contributed by atoms with Crippen LogP contribution in [0.4, 0.5) is 0 Å². The lowest BCUT2D eigenvalue weighted by atomic mass is 9.44. The van der Waals surface area contributed by atoms with E-state index in [9.17, 15) is 81.7 Å². The molecule has 11 fully saturated rings. The zero-order valence-corrected chi connectivity index (χ0v) is 47.8. The monoisotopic (exact) mass is 1210 g/mol. The summed E-state index contributed by atoms with van der Waals surface area (Å²) in [6, 6.07) is 0. The van der Waals surface area contributed by atoms with Crippen molar-refractivity contribution in [2.45, 2.75) is 257 Å². The molecule has 16 N–H and O–H groups in total. The Hall–Kier alpha value is -1.12. The number of fused-ring (bicyclic) bond motifs is 7. The van der Waals surface area contributed by atoms with E-state index in [2.05, 4.69) is 27.7 Å². The highest BCUT2D eigenvalue weighted by Gasteiger charge is 2.70. The molecule has 0 aromatic carbocycles. The Balaban J connectivity index is 0.781. The van der Waals surface area contributed by atoms with Crippen molar-refractivity contribution in [3.8, 4) is 0 Å². The van der Waals surface area contributed by atoms with Crippen LogP contribution in [-0.4, -0.2) is 293 Å². The minimum atomic E-state index is -2.21. The van der Waals surface area contributed by atoms with E-state index in [-0.39, 0.29) is 28.8 Å². The predicted molar refractivity (Wildman–Crippen MR) is 276 cm³/mol. The second kappa shape index (κ2) is 25.2. The van der Waals surface area contributed by atoms with Crippen molar-refractivity contribution in [1.82, 2.24) is 0 Å². The van der Waals surface area contributed by atoms with Gasteiger partial charge in [0.2, 0.25) is 0 Å². The minimum Gasteiger partial charge on any atom is -0.394 e. The molecule has 1 spiro atoms. The summed E-state index contributed by atoms with van der Waals surface area (Å²) in [6.07, 6.45) is -38.5. The second-order valence-electron chi connectivity index (χ2n) is 26.8. The van der Waals surface area contributed by atoms with Crippen LogP contribution in [0.25, 0.3) is 0 Å². The second-order valence-corrected chi connectivity index (χ2v) is 26.8. The molecule has 7 heterocycles. The summed E-state index contributed by atoms with van der Waals surface area (Å²) in [5.74, 6) is 2.12. The number of rotatable bonds is 14. The lowest BCUT2D eigenvalue weighted by Crippen LogP contribution is -2.69. The third kappa shape index (κ3) is 11.2. The quantitative estimate of drug-likeness (QED) is 0.0722. The highest BCUT2D eigenvalue weighted by atomic mass is 16.8. The van der Waals surface area contributed by atoms with Crippen LogP contribution in [0, 0.1) is 52.3 Å². The zero-order valence-electron chi connectivity index (χ0n) is 47.8. The Labute approximate surface area is 486 Å². The van der Waals surface area contributed by atoms with Gasteiger partial charge in [0.15, 0.2) is 37.2 Å². The number of hydrogen-bond donors (Lipinski definition) is 16. The highest BCUT2D eigenvalue weighted by molar-refractivity contribution is 5.16. The lowest BCUT2D eigenvalue weighted by molar-refractivity contribution is -0.409. The molecule has 4 aliphatic carbocycles. The van der Waals surface area contributed by atoms with E-state index < -0.39 is 198 Å². The first-order chi connectivity index (χ1) is 39.9. The van der Waals surface area contributed by atoms with E-state index in [1.165, 1.54) is 0 Å². The molecule has 37 atom stereocenters. The Bertz CT molecular complexity index is 2180. The molecule has 28 heteroatoms. The molecule has 84 heavy (non-hydrogen) atoms. The molecule has 0 aromatic heterocycles. The first kappa shape index (κ1) is 64.4. The van der Waals surface area contributed by atoms with Gasteiger partial charge >= 0.3 is 0 Å². The molecule has 28 nitrogen and oxygen atoms in total. The smallest absolute Gasteiger partial charge is 0.187 e. The summed E-state index contributed by atoms with van der Waals surface area (Å²) in [5, 5.41) is 175. The Morgan fingerprint density at radius 2 is 1.00 bits per heavy atom. The lowest BCUT2D eigenvalue weighted by Gasteiger charge is -2.62. The van der Waals surface area contributed by atoms with Crippen molar-refractivity contribution in [3.63, 3.8) is 0 Å². The summed E-state index contributed by atoms with van der Waals surface area (Å²) < 4.78 is 73.0. The molecular weight excluding hydrogens is 1120 g/mol. The summed E-state index contributed by atoms with van der Waals surface area (Å²) in [6.45, 7) is 5.78. The molecule has 484 valence electrons. The van der Waals surface area contributed by atoms with Gasteiger partial charge in [0.1, 0.15) is 116 Å². The van der Waals surface area contributed by atoms with E-state index in [0.717, 1.165) is 51.6 Å². The maximum absolute atomic E-state index is 12.1. The average Bonchev–Trinajstić information content (AvgIpc) is 2.67. The first-order valence-electron chi connectivity index (χ1n) is 30.3. The molecular formula is C56H92O28. The van der Waals surface area contributed by atoms with Gasteiger partial charge in [-0.05, 0) is 97.7 Å². The van der Waals surface area contributed by atoms with Gasteiger partial charge in [-0.1, -0.05) is 27.7 Å². The normalized spacial score (nSPS) is 57.7. The van der Waals surface area contributed by atoms with Gasteiger partial charge < -0.3 is 139 Å². The SMILES string of the molecule is C[C@@H]1CC[C@@]2(OC1)O[C@H]1C[C@H]3[C@@H]4CC[C@H]5C[C@@H](O[C@@H]6O[C@H](CO)[C@H](O[C@@H]7O[C@H](CO)[C@@H](O)[C@H](O[C@@H]8OC[C@@H](O)[C@H](O)[C@H]8O)[C@H]7O[C@@H]7O[C@H](CO)[C@H](O[C@@H]8O[C@H](CO)[C@@H](O)[C@H](O)[C@H]8O)[C@H](O)[C@H]7O)[C@H](O)[C@H]6O)[C@H](O)C[C@]5(C)[C@H]4CC[C@]3(C)[C@H]1[C@@H]2C. The van der Waals surface area contributed by atoms with E-state index in [1.54, 1.807) is 0 Å². The molecule has 0 radical (unpaired) electrons. The van der Waals surface area contributed by atoms with E-state index in [4.69, 9.17) is 56.8 Å². The van der Waals surface area contributed by atoms with Crippen molar-refractivity contribution in [2.24, 2.45) is 52.3 Å².